The van der Waals surface area contributed by atoms with Gasteiger partial charge in [0, 0.05) is 6.07 Å². The lowest BCUT2D eigenvalue weighted by Crippen LogP contribution is -2.36. The average Bonchev–Trinajstić information content (AvgIpc) is 2.33. The number of carbonyl (C=O) groups is 1. The summed E-state index contributed by atoms with van der Waals surface area (Å²) in [6, 6.07) is 9.03. The lowest BCUT2D eigenvalue weighted by molar-refractivity contribution is 0.0688. The van der Waals surface area contributed by atoms with Crippen molar-refractivity contribution in [3.8, 4) is 5.69 Å². The van der Waals surface area contributed by atoms with Crippen LogP contribution in [0.25, 0.3) is 5.69 Å². The van der Waals surface area contributed by atoms with E-state index in [0.717, 1.165) is 10.7 Å². The summed E-state index contributed by atoms with van der Waals surface area (Å²) in [5.41, 5.74) is -1.62. The molecule has 0 fully saturated rings. The summed E-state index contributed by atoms with van der Waals surface area (Å²) in [6.45, 7) is 0. The minimum atomic E-state index is -1.30. The predicted molar refractivity (Wildman–Crippen MR) is 59.6 cm³/mol. The van der Waals surface area contributed by atoms with Gasteiger partial charge < -0.3 is 5.11 Å². The average molecular weight is 232 g/mol. The molecule has 2 N–H and O–H groups in total. The molecule has 0 aliphatic carbocycles. The molecule has 0 saturated carbocycles. The normalized spacial score (nSPS) is 10.1. The Balaban J connectivity index is 2.74. The Kier molecular flexibility index (Phi) is 2.61. The topological polar surface area (TPSA) is 92.2 Å². The molecule has 0 radical (unpaired) electrons. The van der Waals surface area contributed by atoms with Crippen LogP contribution in [-0.4, -0.2) is 20.9 Å². The molecule has 1 heterocycles. The highest BCUT2D eigenvalue weighted by molar-refractivity contribution is 5.84. The Bertz CT molecular complexity index is 670. The van der Waals surface area contributed by atoms with Crippen molar-refractivity contribution in [3.63, 3.8) is 0 Å². The summed E-state index contributed by atoms with van der Waals surface area (Å²) in [6.07, 6.45) is 0. The van der Waals surface area contributed by atoms with E-state index in [4.69, 9.17) is 5.11 Å². The molecule has 17 heavy (non-hydrogen) atoms. The molecule has 0 spiro atoms. The molecule has 6 nitrogen and oxygen atoms in total. The van der Waals surface area contributed by atoms with Crippen LogP contribution in [0, 0.1) is 0 Å². The van der Waals surface area contributed by atoms with Crippen molar-refractivity contribution in [3.05, 3.63) is 62.7 Å². The number of hydrogen-bond acceptors (Lipinski definition) is 3. The molecular formula is C11H8N2O4. The molecule has 0 bridgehead atoms. The first-order valence-electron chi connectivity index (χ1n) is 4.74. The maximum Gasteiger partial charge on any atom is 0.353 e. The van der Waals surface area contributed by atoms with Crippen molar-refractivity contribution in [1.29, 1.82) is 0 Å². The molecule has 0 aliphatic heterocycles. The van der Waals surface area contributed by atoms with E-state index in [1.165, 1.54) is 0 Å². The zero-order valence-electron chi connectivity index (χ0n) is 8.58. The number of aromatic amines is 1. The van der Waals surface area contributed by atoms with Gasteiger partial charge in [0.1, 0.15) is 5.69 Å². The molecule has 0 aliphatic rings. The monoisotopic (exact) mass is 232 g/mol. The van der Waals surface area contributed by atoms with Gasteiger partial charge in [-0.1, -0.05) is 18.2 Å². The number of nitrogens with one attached hydrogen (secondary N) is 1. The van der Waals surface area contributed by atoms with Crippen molar-refractivity contribution >= 4 is 5.97 Å². The number of rotatable bonds is 2. The minimum Gasteiger partial charge on any atom is -0.477 e. The molecule has 1 aromatic heterocycles. The van der Waals surface area contributed by atoms with Gasteiger partial charge in [-0.3, -0.25) is 14.7 Å². The third-order valence-electron chi connectivity index (χ3n) is 2.17. The first kappa shape index (κ1) is 10.9. The van der Waals surface area contributed by atoms with Crippen LogP contribution in [0.3, 0.4) is 0 Å². The van der Waals surface area contributed by atoms with Crippen molar-refractivity contribution < 1.29 is 9.90 Å². The third-order valence-corrected chi connectivity index (χ3v) is 2.17. The highest BCUT2D eigenvalue weighted by Gasteiger charge is 2.10. The Hall–Kier alpha value is -2.63. The molecule has 1 aromatic carbocycles. The second kappa shape index (κ2) is 4.09. The zero-order chi connectivity index (χ0) is 12.4. The summed E-state index contributed by atoms with van der Waals surface area (Å²) < 4.78 is 0.909. The first-order valence-corrected chi connectivity index (χ1v) is 4.74. The van der Waals surface area contributed by atoms with Gasteiger partial charge in [0.15, 0.2) is 0 Å². The number of hydrogen-bond donors (Lipinski definition) is 2. The summed E-state index contributed by atoms with van der Waals surface area (Å²) in [4.78, 5) is 33.7. The fourth-order valence-electron chi connectivity index (χ4n) is 1.37. The number of para-hydroxylation sites is 1. The smallest absolute Gasteiger partial charge is 0.353 e. The van der Waals surface area contributed by atoms with Gasteiger partial charge in [0.2, 0.25) is 5.43 Å². The van der Waals surface area contributed by atoms with E-state index in [1.807, 2.05) is 0 Å². The van der Waals surface area contributed by atoms with Gasteiger partial charge in [0.25, 0.3) is 0 Å². The second-order valence-corrected chi connectivity index (χ2v) is 3.32. The largest absolute Gasteiger partial charge is 0.477 e. The summed E-state index contributed by atoms with van der Waals surface area (Å²) in [5.74, 6) is -1.30. The SMILES string of the molecule is O=C(O)c1cc(=O)c(=O)n(-c2ccccc2)[nH]1. The number of H-pyrrole nitrogens is 1. The number of aromatic nitrogens is 2. The molecule has 2 rings (SSSR count). The second-order valence-electron chi connectivity index (χ2n) is 3.32. The maximum atomic E-state index is 11.6. The van der Waals surface area contributed by atoms with Crippen LogP contribution in [0.5, 0.6) is 0 Å². The highest BCUT2D eigenvalue weighted by Crippen LogP contribution is 2.01. The summed E-state index contributed by atoms with van der Waals surface area (Å²) >= 11 is 0. The lowest BCUT2D eigenvalue weighted by Gasteiger charge is -2.05. The van der Waals surface area contributed by atoms with Crippen molar-refractivity contribution in [2.45, 2.75) is 0 Å². The standard InChI is InChI=1S/C11H8N2O4/c14-9-6-8(11(16)17)12-13(10(9)15)7-4-2-1-3-5-7/h1-6,12H,(H,16,17). The maximum absolute atomic E-state index is 11.6. The van der Waals surface area contributed by atoms with Crippen LogP contribution in [-0.2, 0) is 0 Å². The third kappa shape index (κ3) is 2.00. The van der Waals surface area contributed by atoms with E-state index < -0.39 is 17.0 Å². The first-order chi connectivity index (χ1) is 8.09. The van der Waals surface area contributed by atoms with E-state index in [2.05, 4.69) is 5.10 Å². The number of nitrogens with zero attached hydrogens (tertiary/aromatic N) is 1. The molecule has 86 valence electrons. The summed E-state index contributed by atoms with van der Waals surface area (Å²) in [7, 11) is 0. The lowest BCUT2D eigenvalue weighted by atomic mass is 10.3. The zero-order valence-corrected chi connectivity index (χ0v) is 8.58. The van der Waals surface area contributed by atoms with Crippen molar-refractivity contribution in [2.24, 2.45) is 0 Å². The van der Waals surface area contributed by atoms with Crippen LogP contribution in [0.2, 0.25) is 0 Å². The van der Waals surface area contributed by atoms with Crippen LogP contribution in [0.15, 0.2) is 46.0 Å². The fourth-order valence-corrected chi connectivity index (χ4v) is 1.37. The van der Waals surface area contributed by atoms with E-state index in [-0.39, 0.29) is 5.69 Å². The highest BCUT2D eigenvalue weighted by atomic mass is 16.4. The van der Waals surface area contributed by atoms with Crippen LogP contribution >= 0.6 is 0 Å². The van der Waals surface area contributed by atoms with Gasteiger partial charge in [0.05, 0.1) is 5.69 Å². The number of aromatic carboxylic acids is 1. The van der Waals surface area contributed by atoms with Crippen LogP contribution in [0.4, 0.5) is 0 Å². The molecule has 2 aromatic rings. The van der Waals surface area contributed by atoms with Crippen LogP contribution < -0.4 is 11.0 Å². The number of carboxylic acid groups (broad SMARTS) is 1. The molecule has 6 heteroatoms. The van der Waals surface area contributed by atoms with Gasteiger partial charge in [-0.2, -0.15) is 0 Å². The van der Waals surface area contributed by atoms with Crippen LogP contribution in [0.1, 0.15) is 10.5 Å². The molecule has 0 atom stereocenters. The number of carboxylic acids is 1. The Morgan fingerprint density at radius 2 is 1.82 bits per heavy atom. The molecule has 0 unspecified atom stereocenters. The Labute approximate surface area is 94.7 Å². The van der Waals surface area contributed by atoms with Gasteiger partial charge in [-0.25, -0.2) is 9.48 Å². The van der Waals surface area contributed by atoms with E-state index in [0.29, 0.717) is 5.69 Å². The summed E-state index contributed by atoms with van der Waals surface area (Å²) in [5, 5.41) is 11.2. The Morgan fingerprint density at radius 3 is 2.41 bits per heavy atom. The quantitative estimate of drug-likeness (QED) is 0.724. The van der Waals surface area contributed by atoms with Crippen molar-refractivity contribution in [2.75, 3.05) is 0 Å². The predicted octanol–water partition coefficient (Wildman–Crippen LogP) is 0.224. The minimum absolute atomic E-state index is 0.335. The van der Waals surface area contributed by atoms with Gasteiger partial charge in [-0.15, -0.1) is 0 Å². The van der Waals surface area contributed by atoms with Gasteiger partial charge >= 0.3 is 11.5 Å². The van der Waals surface area contributed by atoms with Crippen molar-refractivity contribution in [1.82, 2.24) is 9.78 Å². The fraction of sp³-hybridized carbons (Fsp3) is 0. The van der Waals surface area contributed by atoms with E-state index in [1.54, 1.807) is 30.3 Å². The Morgan fingerprint density at radius 1 is 1.18 bits per heavy atom. The van der Waals surface area contributed by atoms with E-state index in [9.17, 15) is 14.4 Å². The number of benzene rings is 1. The molecule has 0 saturated heterocycles. The molecule has 0 amide bonds. The van der Waals surface area contributed by atoms with Gasteiger partial charge in [-0.05, 0) is 12.1 Å². The van der Waals surface area contributed by atoms with E-state index >= 15 is 0 Å². The molecular weight excluding hydrogens is 224 g/mol.